The van der Waals surface area contributed by atoms with Gasteiger partial charge in [-0.25, -0.2) is 0 Å². The lowest BCUT2D eigenvalue weighted by Gasteiger charge is -1.98. The molecule has 0 saturated heterocycles. The Kier molecular flexibility index (Phi) is 3.93. The van der Waals surface area contributed by atoms with Crippen molar-refractivity contribution in [2.24, 2.45) is 0 Å². The van der Waals surface area contributed by atoms with Crippen molar-refractivity contribution in [2.75, 3.05) is 0 Å². The van der Waals surface area contributed by atoms with Crippen LogP contribution in [0.5, 0.6) is 0 Å². The van der Waals surface area contributed by atoms with Gasteiger partial charge in [0.1, 0.15) is 6.29 Å². The molecule has 0 saturated carbocycles. The summed E-state index contributed by atoms with van der Waals surface area (Å²) in [5.74, 6) is 1.94. The summed E-state index contributed by atoms with van der Waals surface area (Å²) in [7, 11) is 0. The normalized spacial score (nSPS) is 10.4. The molecule has 1 aromatic heterocycles. The minimum atomic E-state index is 0.631. The van der Waals surface area contributed by atoms with Crippen LogP contribution < -0.4 is 0 Å². The lowest BCUT2D eigenvalue weighted by molar-refractivity contribution is 0.112. The van der Waals surface area contributed by atoms with Crippen LogP contribution in [0.1, 0.15) is 29.1 Å². The van der Waals surface area contributed by atoms with Gasteiger partial charge in [0.05, 0.1) is 5.75 Å². The fourth-order valence-corrected chi connectivity index (χ4v) is 2.01. The Morgan fingerprint density at radius 2 is 1.94 bits per heavy atom. The predicted octanol–water partition coefficient (Wildman–Crippen LogP) is 2.74. The van der Waals surface area contributed by atoms with E-state index in [0.717, 1.165) is 17.6 Å². The topological polar surface area (TPSA) is 56.0 Å². The summed E-state index contributed by atoms with van der Waals surface area (Å²) < 4.78 is 5.40. The van der Waals surface area contributed by atoms with Crippen LogP contribution >= 0.6 is 11.8 Å². The first-order valence-corrected chi connectivity index (χ1v) is 6.29. The molecule has 0 atom stereocenters. The van der Waals surface area contributed by atoms with Gasteiger partial charge in [-0.3, -0.25) is 4.79 Å². The van der Waals surface area contributed by atoms with Crippen molar-refractivity contribution < 1.29 is 9.21 Å². The molecule has 0 radical (unpaired) electrons. The first-order chi connectivity index (χ1) is 8.31. The van der Waals surface area contributed by atoms with Gasteiger partial charge < -0.3 is 4.42 Å². The van der Waals surface area contributed by atoms with E-state index < -0.39 is 0 Å². The highest BCUT2D eigenvalue weighted by atomic mass is 32.2. The van der Waals surface area contributed by atoms with Crippen molar-refractivity contribution in [2.45, 2.75) is 24.0 Å². The van der Waals surface area contributed by atoms with E-state index in [0.29, 0.717) is 23.1 Å². The van der Waals surface area contributed by atoms with Crippen molar-refractivity contribution in [1.29, 1.82) is 0 Å². The summed E-state index contributed by atoms with van der Waals surface area (Å²) in [6.45, 7) is 1.97. The maximum atomic E-state index is 10.5. The number of carbonyl (C=O) groups is 1. The molecule has 17 heavy (non-hydrogen) atoms. The number of hydrogen-bond acceptors (Lipinski definition) is 5. The second-order valence-corrected chi connectivity index (χ2v) is 4.47. The van der Waals surface area contributed by atoms with Crippen LogP contribution in [0.25, 0.3) is 0 Å². The second-order valence-electron chi connectivity index (χ2n) is 3.42. The zero-order chi connectivity index (χ0) is 12.1. The molecule has 0 amide bonds. The fourth-order valence-electron chi connectivity index (χ4n) is 1.28. The third-order valence-corrected chi connectivity index (χ3v) is 3.19. The number of benzene rings is 1. The van der Waals surface area contributed by atoms with Crippen LogP contribution in [0.15, 0.2) is 33.6 Å². The molecule has 0 spiro atoms. The number of rotatable bonds is 5. The molecule has 2 aromatic rings. The van der Waals surface area contributed by atoms with Crippen molar-refractivity contribution in [3.05, 3.63) is 41.6 Å². The lowest BCUT2D eigenvalue weighted by Crippen LogP contribution is -1.82. The first kappa shape index (κ1) is 11.9. The molecule has 1 heterocycles. The molecular weight excluding hydrogens is 236 g/mol. The van der Waals surface area contributed by atoms with Gasteiger partial charge in [0.15, 0.2) is 0 Å². The monoisotopic (exact) mass is 248 g/mol. The third-order valence-electron chi connectivity index (χ3n) is 2.19. The molecular formula is C12H12N2O2S. The summed E-state index contributed by atoms with van der Waals surface area (Å²) in [6, 6.07) is 7.40. The van der Waals surface area contributed by atoms with E-state index in [1.807, 2.05) is 19.1 Å². The molecule has 0 bridgehead atoms. The van der Waals surface area contributed by atoms with Gasteiger partial charge in [0.25, 0.3) is 0 Å². The van der Waals surface area contributed by atoms with Crippen molar-refractivity contribution in [3.63, 3.8) is 0 Å². The average molecular weight is 248 g/mol. The van der Waals surface area contributed by atoms with E-state index in [1.54, 1.807) is 23.9 Å². The van der Waals surface area contributed by atoms with Gasteiger partial charge in [0, 0.05) is 16.9 Å². The Morgan fingerprint density at radius 3 is 2.53 bits per heavy atom. The molecule has 2 rings (SSSR count). The maximum absolute atomic E-state index is 10.5. The van der Waals surface area contributed by atoms with Crippen LogP contribution in [0.3, 0.4) is 0 Å². The standard InChI is InChI=1S/C12H12N2O2S/c1-2-11-13-14-12(16-11)8-17-10-5-3-9(7-15)4-6-10/h3-7H,2,8H2,1H3. The highest BCUT2D eigenvalue weighted by molar-refractivity contribution is 7.98. The van der Waals surface area contributed by atoms with Crippen molar-refractivity contribution in [3.8, 4) is 0 Å². The van der Waals surface area contributed by atoms with Gasteiger partial charge in [-0.1, -0.05) is 19.1 Å². The van der Waals surface area contributed by atoms with Gasteiger partial charge in [0.2, 0.25) is 11.8 Å². The average Bonchev–Trinajstić information content (AvgIpc) is 2.85. The third kappa shape index (κ3) is 3.17. The highest BCUT2D eigenvalue weighted by Crippen LogP contribution is 2.22. The zero-order valence-electron chi connectivity index (χ0n) is 9.42. The molecule has 0 aliphatic heterocycles. The number of hydrogen-bond donors (Lipinski definition) is 0. The van der Waals surface area contributed by atoms with Gasteiger partial charge in [-0.2, -0.15) is 0 Å². The first-order valence-electron chi connectivity index (χ1n) is 5.31. The summed E-state index contributed by atoms with van der Waals surface area (Å²) in [5.41, 5.74) is 0.681. The molecule has 0 aliphatic rings. The van der Waals surface area contributed by atoms with Gasteiger partial charge in [-0.05, 0) is 12.1 Å². The molecule has 5 heteroatoms. The Balaban J connectivity index is 1.94. The quantitative estimate of drug-likeness (QED) is 0.601. The van der Waals surface area contributed by atoms with E-state index >= 15 is 0 Å². The Hall–Kier alpha value is -1.62. The molecule has 4 nitrogen and oxygen atoms in total. The summed E-state index contributed by atoms with van der Waals surface area (Å²) >= 11 is 1.60. The second kappa shape index (κ2) is 5.63. The molecule has 1 aromatic carbocycles. The number of nitrogens with zero attached hydrogens (tertiary/aromatic N) is 2. The van der Waals surface area contributed by atoms with Crippen molar-refractivity contribution in [1.82, 2.24) is 10.2 Å². The van der Waals surface area contributed by atoms with Crippen LogP contribution in [0, 0.1) is 0 Å². The zero-order valence-corrected chi connectivity index (χ0v) is 10.2. The Bertz CT molecular complexity index is 493. The highest BCUT2D eigenvalue weighted by Gasteiger charge is 2.04. The molecule has 0 N–H and O–H groups in total. The minimum absolute atomic E-state index is 0.631. The van der Waals surface area contributed by atoms with Crippen LogP contribution in [0.4, 0.5) is 0 Å². The molecule has 0 aliphatic carbocycles. The van der Waals surface area contributed by atoms with E-state index in [1.165, 1.54) is 0 Å². The van der Waals surface area contributed by atoms with Crippen LogP contribution in [-0.4, -0.2) is 16.5 Å². The van der Waals surface area contributed by atoms with E-state index in [-0.39, 0.29) is 0 Å². The van der Waals surface area contributed by atoms with Crippen molar-refractivity contribution >= 4 is 18.0 Å². The number of thioether (sulfide) groups is 1. The predicted molar refractivity (Wildman–Crippen MR) is 65.1 cm³/mol. The van der Waals surface area contributed by atoms with Crippen LogP contribution in [-0.2, 0) is 12.2 Å². The van der Waals surface area contributed by atoms with E-state index in [4.69, 9.17) is 4.42 Å². The summed E-state index contributed by atoms with van der Waals surface area (Å²) in [4.78, 5) is 11.6. The van der Waals surface area contributed by atoms with Gasteiger partial charge in [-0.15, -0.1) is 22.0 Å². The smallest absolute Gasteiger partial charge is 0.226 e. The maximum Gasteiger partial charge on any atom is 0.226 e. The summed E-state index contributed by atoms with van der Waals surface area (Å²) in [6.07, 6.45) is 1.59. The number of aldehydes is 1. The lowest BCUT2D eigenvalue weighted by atomic mass is 10.2. The fraction of sp³-hybridized carbons (Fsp3) is 0.250. The van der Waals surface area contributed by atoms with Crippen LogP contribution in [0.2, 0.25) is 0 Å². The molecule has 88 valence electrons. The number of aryl methyl sites for hydroxylation is 1. The van der Waals surface area contributed by atoms with Gasteiger partial charge >= 0.3 is 0 Å². The van der Waals surface area contributed by atoms with E-state index in [2.05, 4.69) is 10.2 Å². The summed E-state index contributed by atoms with van der Waals surface area (Å²) in [5, 5.41) is 7.84. The minimum Gasteiger partial charge on any atom is -0.424 e. The molecule has 0 unspecified atom stereocenters. The number of carbonyl (C=O) groups excluding carboxylic acids is 1. The molecule has 0 fully saturated rings. The Labute approximate surface area is 103 Å². The SMILES string of the molecule is CCc1nnc(CSc2ccc(C=O)cc2)o1. The largest absolute Gasteiger partial charge is 0.424 e. The van der Waals surface area contributed by atoms with E-state index in [9.17, 15) is 4.79 Å². The number of aromatic nitrogens is 2. The Morgan fingerprint density at radius 1 is 1.24 bits per heavy atom.